The lowest BCUT2D eigenvalue weighted by atomic mass is 10.3. The van der Waals surface area contributed by atoms with Crippen molar-refractivity contribution in [1.29, 1.82) is 0 Å². The first-order valence-corrected chi connectivity index (χ1v) is 5.71. The van der Waals surface area contributed by atoms with Crippen LogP contribution in [0.5, 0.6) is 0 Å². The standard InChI is InChI=1S/C11H19N3O3/c1-3-4-12-5-6-13-11(15)10-7-9(8-16-2)17-14-10/h7,12H,3-6,8H2,1-2H3,(H,13,15). The van der Waals surface area contributed by atoms with Gasteiger partial charge in [0.25, 0.3) is 5.91 Å². The molecule has 96 valence electrons. The van der Waals surface area contributed by atoms with Crippen molar-refractivity contribution in [3.63, 3.8) is 0 Å². The van der Waals surface area contributed by atoms with E-state index in [1.54, 1.807) is 13.2 Å². The third-order valence-corrected chi connectivity index (χ3v) is 2.09. The van der Waals surface area contributed by atoms with Gasteiger partial charge in [0.1, 0.15) is 6.61 Å². The van der Waals surface area contributed by atoms with Crippen LogP contribution in [0.2, 0.25) is 0 Å². The number of amides is 1. The minimum Gasteiger partial charge on any atom is -0.377 e. The van der Waals surface area contributed by atoms with Gasteiger partial charge in [-0.2, -0.15) is 0 Å². The number of carbonyl (C=O) groups is 1. The highest BCUT2D eigenvalue weighted by atomic mass is 16.5. The second-order valence-corrected chi connectivity index (χ2v) is 3.62. The molecule has 17 heavy (non-hydrogen) atoms. The number of nitrogens with zero attached hydrogens (tertiary/aromatic N) is 1. The van der Waals surface area contributed by atoms with E-state index in [0.717, 1.165) is 19.5 Å². The topological polar surface area (TPSA) is 76.4 Å². The van der Waals surface area contributed by atoms with Gasteiger partial charge in [0.15, 0.2) is 11.5 Å². The van der Waals surface area contributed by atoms with Crippen molar-refractivity contribution in [1.82, 2.24) is 15.8 Å². The monoisotopic (exact) mass is 241 g/mol. The first-order chi connectivity index (χ1) is 8.27. The maximum atomic E-state index is 11.6. The second kappa shape index (κ2) is 7.81. The molecule has 1 heterocycles. The van der Waals surface area contributed by atoms with Gasteiger partial charge in [-0.3, -0.25) is 4.79 Å². The van der Waals surface area contributed by atoms with Gasteiger partial charge in [-0.05, 0) is 13.0 Å². The Labute approximate surface area is 101 Å². The summed E-state index contributed by atoms with van der Waals surface area (Å²) in [7, 11) is 1.56. The van der Waals surface area contributed by atoms with E-state index in [9.17, 15) is 4.79 Å². The Morgan fingerprint density at radius 3 is 3.00 bits per heavy atom. The molecule has 1 rings (SSSR count). The molecule has 0 spiro atoms. The molecule has 1 aromatic rings. The van der Waals surface area contributed by atoms with Crippen LogP contribution in [0, 0.1) is 0 Å². The largest absolute Gasteiger partial charge is 0.377 e. The molecule has 0 aliphatic carbocycles. The summed E-state index contributed by atoms with van der Waals surface area (Å²) in [6.07, 6.45) is 1.08. The molecular weight excluding hydrogens is 222 g/mol. The van der Waals surface area contributed by atoms with Crippen LogP contribution in [0.15, 0.2) is 10.6 Å². The van der Waals surface area contributed by atoms with Crippen LogP contribution in [-0.2, 0) is 11.3 Å². The van der Waals surface area contributed by atoms with Gasteiger partial charge < -0.3 is 19.9 Å². The van der Waals surface area contributed by atoms with Gasteiger partial charge in [-0.25, -0.2) is 0 Å². The van der Waals surface area contributed by atoms with E-state index in [1.165, 1.54) is 0 Å². The molecule has 0 aromatic carbocycles. The highest BCUT2D eigenvalue weighted by Crippen LogP contribution is 2.04. The van der Waals surface area contributed by atoms with Crippen molar-refractivity contribution in [2.75, 3.05) is 26.7 Å². The number of hydrogen-bond donors (Lipinski definition) is 2. The summed E-state index contributed by atoms with van der Waals surface area (Å²) in [5.41, 5.74) is 0.285. The van der Waals surface area contributed by atoms with Gasteiger partial charge in [0, 0.05) is 26.3 Å². The highest BCUT2D eigenvalue weighted by Gasteiger charge is 2.11. The van der Waals surface area contributed by atoms with E-state index in [4.69, 9.17) is 9.26 Å². The molecule has 0 saturated carbocycles. The number of ether oxygens (including phenoxy) is 1. The number of rotatable bonds is 8. The zero-order valence-electron chi connectivity index (χ0n) is 10.3. The fourth-order valence-electron chi connectivity index (χ4n) is 1.29. The molecule has 0 atom stereocenters. The molecule has 0 bridgehead atoms. The van der Waals surface area contributed by atoms with Crippen molar-refractivity contribution in [3.05, 3.63) is 17.5 Å². The molecule has 0 radical (unpaired) electrons. The van der Waals surface area contributed by atoms with Crippen LogP contribution in [-0.4, -0.2) is 37.8 Å². The highest BCUT2D eigenvalue weighted by molar-refractivity contribution is 5.92. The lowest BCUT2D eigenvalue weighted by Crippen LogP contribution is -2.32. The Balaban J connectivity index is 2.26. The smallest absolute Gasteiger partial charge is 0.273 e. The fraction of sp³-hybridized carbons (Fsp3) is 0.636. The molecule has 0 unspecified atom stereocenters. The lowest BCUT2D eigenvalue weighted by molar-refractivity contribution is 0.0944. The molecule has 1 amide bonds. The zero-order valence-corrected chi connectivity index (χ0v) is 10.3. The third kappa shape index (κ3) is 4.97. The van der Waals surface area contributed by atoms with Crippen LogP contribution in [0.1, 0.15) is 29.6 Å². The first kappa shape index (κ1) is 13.7. The number of aromatic nitrogens is 1. The Kier molecular flexibility index (Phi) is 6.27. The molecule has 0 aliphatic rings. The van der Waals surface area contributed by atoms with Crippen molar-refractivity contribution >= 4 is 5.91 Å². The van der Waals surface area contributed by atoms with Gasteiger partial charge in [0.05, 0.1) is 0 Å². The molecule has 0 aliphatic heterocycles. The van der Waals surface area contributed by atoms with Crippen LogP contribution in [0.4, 0.5) is 0 Å². The van der Waals surface area contributed by atoms with E-state index in [2.05, 4.69) is 22.7 Å². The lowest BCUT2D eigenvalue weighted by Gasteiger charge is -2.03. The first-order valence-electron chi connectivity index (χ1n) is 5.71. The molecule has 1 aromatic heterocycles. The SMILES string of the molecule is CCCNCCNC(=O)c1cc(COC)on1. The van der Waals surface area contributed by atoms with Crippen molar-refractivity contribution in [2.45, 2.75) is 20.0 Å². The number of methoxy groups -OCH3 is 1. The maximum Gasteiger partial charge on any atom is 0.273 e. The summed E-state index contributed by atoms with van der Waals surface area (Å²) < 4.78 is 9.79. The van der Waals surface area contributed by atoms with E-state index >= 15 is 0 Å². The Morgan fingerprint density at radius 1 is 1.47 bits per heavy atom. The quantitative estimate of drug-likeness (QED) is 0.650. The van der Waals surface area contributed by atoms with Gasteiger partial charge in [-0.15, -0.1) is 0 Å². The predicted octanol–water partition coefficient (Wildman–Crippen LogP) is 0.550. The van der Waals surface area contributed by atoms with Gasteiger partial charge in [-0.1, -0.05) is 12.1 Å². The summed E-state index contributed by atoms with van der Waals surface area (Å²) in [6.45, 7) is 4.70. The van der Waals surface area contributed by atoms with E-state index in [0.29, 0.717) is 18.9 Å². The van der Waals surface area contributed by atoms with E-state index in [1.807, 2.05) is 0 Å². The van der Waals surface area contributed by atoms with Crippen molar-refractivity contribution in [2.24, 2.45) is 0 Å². The number of nitrogens with one attached hydrogen (secondary N) is 2. The third-order valence-electron chi connectivity index (χ3n) is 2.09. The van der Waals surface area contributed by atoms with Crippen molar-refractivity contribution < 1.29 is 14.1 Å². The maximum absolute atomic E-state index is 11.6. The van der Waals surface area contributed by atoms with Crippen molar-refractivity contribution in [3.8, 4) is 0 Å². The van der Waals surface area contributed by atoms with Gasteiger partial charge >= 0.3 is 0 Å². The average Bonchev–Trinajstić information content (AvgIpc) is 2.78. The molecule has 2 N–H and O–H groups in total. The molecule has 0 saturated heterocycles. The minimum atomic E-state index is -0.227. The Hall–Kier alpha value is -1.40. The second-order valence-electron chi connectivity index (χ2n) is 3.62. The molecule has 6 nitrogen and oxygen atoms in total. The normalized spacial score (nSPS) is 10.5. The average molecular weight is 241 g/mol. The Morgan fingerprint density at radius 2 is 2.29 bits per heavy atom. The molecule has 6 heteroatoms. The summed E-state index contributed by atoms with van der Waals surface area (Å²) in [4.78, 5) is 11.6. The zero-order chi connectivity index (χ0) is 12.5. The predicted molar refractivity (Wildman–Crippen MR) is 62.7 cm³/mol. The van der Waals surface area contributed by atoms with Crippen LogP contribution < -0.4 is 10.6 Å². The summed E-state index contributed by atoms with van der Waals surface area (Å²) in [5, 5.41) is 9.60. The number of hydrogen-bond acceptors (Lipinski definition) is 5. The molecule has 0 fully saturated rings. The number of carbonyl (C=O) groups excluding carboxylic acids is 1. The fourth-order valence-corrected chi connectivity index (χ4v) is 1.29. The minimum absolute atomic E-state index is 0.227. The van der Waals surface area contributed by atoms with Crippen LogP contribution in [0.25, 0.3) is 0 Å². The summed E-state index contributed by atoms with van der Waals surface area (Å²) in [5.74, 6) is 0.316. The summed E-state index contributed by atoms with van der Waals surface area (Å²) >= 11 is 0. The molecular formula is C11H19N3O3. The van der Waals surface area contributed by atoms with Crippen LogP contribution in [0.3, 0.4) is 0 Å². The van der Waals surface area contributed by atoms with Gasteiger partial charge in [0.2, 0.25) is 0 Å². The van der Waals surface area contributed by atoms with E-state index in [-0.39, 0.29) is 11.6 Å². The Bertz CT molecular complexity index is 338. The summed E-state index contributed by atoms with van der Waals surface area (Å²) in [6, 6.07) is 1.58. The van der Waals surface area contributed by atoms with Crippen LogP contribution >= 0.6 is 0 Å². The van der Waals surface area contributed by atoms with E-state index < -0.39 is 0 Å².